The second kappa shape index (κ2) is 7.67. The Bertz CT molecular complexity index is 667. The summed E-state index contributed by atoms with van der Waals surface area (Å²) in [6, 6.07) is 10.3. The summed E-state index contributed by atoms with van der Waals surface area (Å²) in [6.07, 6.45) is 4.88. The van der Waals surface area contributed by atoms with Gasteiger partial charge in [0.05, 0.1) is 6.54 Å². The fourth-order valence-electron chi connectivity index (χ4n) is 3.86. The van der Waals surface area contributed by atoms with E-state index >= 15 is 0 Å². The molecule has 2 heterocycles. The summed E-state index contributed by atoms with van der Waals surface area (Å²) in [5.41, 5.74) is 1.22. The van der Waals surface area contributed by atoms with Crippen LogP contribution >= 0.6 is 0 Å². The first kappa shape index (κ1) is 16.7. The Kier molecular flexibility index (Phi) is 5.13. The molecule has 2 aliphatic rings. The Morgan fingerprint density at radius 3 is 2.72 bits per heavy atom. The molecule has 5 nitrogen and oxygen atoms in total. The monoisotopic (exact) mass is 340 g/mol. The zero-order valence-corrected chi connectivity index (χ0v) is 15.1. The molecule has 1 aliphatic heterocycles. The van der Waals surface area contributed by atoms with Crippen molar-refractivity contribution >= 4 is 0 Å². The largest absolute Gasteiger partial charge is 0.338 e. The van der Waals surface area contributed by atoms with E-state index in [0.717, 1.165) is 49.6 Å². The van der Waals surface area contributed by atoms with Crippen molar-refractivity contribution in [2.75, 3.05) is 33.2 Å². The Balaban J connectivity index is 1.24. The van der Waals surface area contributed by atoms with Crippen LogP contribution in [0.25, 0.3) is 0 Å². The predicted molar refractivity (Wildman–Crippen MR) is 97.2 cm³/mol. The molecule has 4 rings (SSSR count). The van der Waals surface area contributed by atoms with Crippen molar-refractivity contribution in [2.45, 2.75) is 32.2 Å². The summed E-state index contributed by atoms with van der Waals surface area (Å²) in [5, 5.41) is 4.14. The molecule has 5 heteroatoms. The molecule has 0 N–H and O–H groups in total. The molecule has 134 valence electrons. The van der Waals surface area contributed by atoms with Crippen molar-refractivity contribution in [1.82, 2.24) is 19.9 Å². The lowest BCUT2D eigenvalue weighted by atomic mass is 10.1. The average molecular weight is 340 g/mol. The number of likely N-dealkylation sites (tertiary alicyclic amines) is 1. The molecule has 2 aromatic rings. The van der Waals surface area contributed by atoms with E-state index in [0.29, 0.717) is 0 Å². The third-order valence-electron chi connectivity index (χ3n) is 5.28. The predicted octanol–water partition coefficient (Wildman–Crippen LogP) is 2.82. The maximum atomic E-state index is 5.46. The molecule has 25 heavy (non-hydrogen) atoms. The van der Waals surface area contributed by atoms with Gasteiger partial charge in [-0.05, 0) is 50.3 Å². The van der Waals surface area contributed by atoms with E-state index in [-0.39, 0.29) is 0 Å². The zero-order valence-electron chi connectivity index (χ0n) is 15.1. The third-order valence-corrected chi connectivity index (χ3v) is 5.28. The molecular weight excluding hydrogens is 312 g/mol. The molecule has 1 aliphatic carbocycles. The Morgan fingerprint density at radius 2 is 1.92 bits per heavy atom. The van der Waals surface area contributed by atoms with Crippen LogP contribution in [0.2, 0.25) is 0 Å². The van der Waals surface area contributed by atoms with Gasteiger partial charge in [-0.3, -0.25) is 4.90 Å². The van der Waals surface area contributed by atoms with Gasteiger partial charge in [-0.2, -0.15) is 4.98 Å². The molecule has 0 radical (unpaired) electrons. The van der Waals surface area contributed by atoms with Crippen molar-refractivity contribution in [1.29, 1.82) is 0 Å². The van der Waals surface area contributed by atoms with Crippen LogP contribution in [-0.4, -0.2) is 53.2 Å². The second-order valence-electron chi connectivity index (χ2n) is 7.82. The topological polar surface area (TPSA) is 45.4 Å². The lowest BCUT2D eigenvalue weighted by Crippen LogP contribution is -2.29. The normalized spacial score (nSPS) is 21.3. The van der Waals surface area contributed by atoms with Crippen LogP contribution < -0.4 is 0 Å². The van der Waals surface area contributed by atoms with Gasteiger partial charge >= 0.3 is 0 Å². The minimum Gasteiger partial charge on any atom is -0.338 e. The van der Waals surface area contributed by atoms with Crippen LogP contribution in [0.4, 0.5) is 0 Å². The molecule has 1 aromatic heterocycles. The Morgan fingerprint density at radius 1 is 1.12 bits per heavy atom. The first-order chi connectivity index (χ1) is 12.2. The van der Waals surface area contributed by atoms with Crippen LogP contribution in [0.5, 0.6) is 0 Å². The van der Waals surface area contributed by atoms with E-state index in [9.17, 15) is 0 Å². The summed E-state index contributed by atoms with van der Waals surface area (Å²) in [7, 11) is 2.27. The van der Waals surface area contributed by atoms with Crippen molar-refractivity contribution in [3.05, 3.63) is 47.6 Å². The number of rotatable bonds is 8. The number of hydrogen-bond donors (Lipinski definition) is 0. The van der Waals surface area contributed by atoms with Gasteiger partial charge in [-0.25, -0.2) is 0 Å². The van der Waals surface area contributed by atoms with Gasteiger partial charge < -0.3 is 9.42 Å². The Hall–Kier alpha value is -1.72. The molecule has 1 unspecified atom stereocenters. The van der Waals surface area contributed by atoms with Crippen LogP contribution in [0.15, 0.2) is 34.9 Å². The summed E-state index contributed by atoms with van der Waals surface area (Å²) in [4.78, 5) is 9.55. The van der Waals surface area contributed by atoms with E-state index in [2.05, 4.69) is 39.1 Å². The van der Waals surface area contributed by atoms with Gasteiger partial charge in [0, 0.05) is 26.1 Å². The summed E-state index contributed by atoms with van der Waals surface area (Å²) < 4.78 is 5.46. The lowest BCUT2D eigenvalue weighted by Gasteiger charge is -2.21. The van der Waals surface area contributed by atoms with Gasteiger partial charge in [0.25, 0.3) is 0 Å². The standard InChI is InChI=1S/C20H28N4O/c1-23(12-17-7-8-17)13-18-9-10-24(14-18)15-20-21-19(22-25-20)11-16-5-3-2-4-6-16/h2-6,17-18H,7-15H2,1H3. The minimum atomic E-state index is 0.735. The van der Waals surface area contributed by atoms with E-state index in [4.69, 9.17) is 4.52 Å². The van der Waals surface area contributed by atoms with Crippen molar-refractivity contribution in [3.8, 4) is 0 Å². The van der Waals surface area contributed by atoms with Crippen molar-refractivity contribution in [2.24, 2.45) is 11.8 Å². The SMILES string of the molecule is CN(CC1CC1)CC1CCN(Cc2nc(Cc3ccccc3)no2)C1. The van der Waals surface area contributed by atoms with Crippen LogP contribution in [-0.2, 0) is 13.0 Å². The summed E-state index contributed by atoms with van der Waals surface area (Å²) in [6.45, 7) is 5.56. The first-order valence-electron chi connectivity index (χ1n) is 9.51. The first-order valence-corrected chi connectivity index (χ1v) is 9.51. The van der Waals surface area contributed by atoms with Gasteiger partial charge in [-0.1, -0.05) is 35.5 Å². The molecule has 1 aromatic carbocycles. The zero-order chi connectivity index (χ0) is 17.1. The van der Waals surface area contributed by atoms with Gasteiger partial charge in [0.15, 0.2) is 5.82 Å². The van der Waals surface area contributed by atoms with E-state index < -0.39 is 0 Å². The van der Waals surface area contributed by atoms with Crippen molar-refractivity contribution in [3.63, 3.8) is 0 Å². The lowest BCUT2D eigenvalue weighted by molar-refractivity contribution is 0.236. The third kappa shape index (κ3) is 4.89. The number of benzene rings is 1. The molecule has 1 saturated heterocycles. The van der Waals surface area contributed by atoms with Crippen molar-refractivity contribution < 1.29 is 4.52 Å². The summed E-state index contributed by atoms with van der Waals surface area (Å²) in [5.74, 6) is 3.28. The molecule has 2 fully saturated rings. The van der Waals surface area contributed by atoms with Gasteiger partial charge in [-0.15, -0.1) is 0 Å². The number of nitrogens with zero attached hydrogens (tertiary/aromatic N) is 4. The van der Waals surface area contributed by atoms with Crippen LogP contribution in [0.3, 0.4) is 0 Å². The molecule has 1 atom stereocenters. The number of hydrogen-bond acceptors (Lipinski definition) is 5. The second-order valence-corrected chi connectivity index (χ2v) is 7.82. The highest BCUT2D eigenvalue weighted by atomic mass is 16.5. The maximum absolute atomic E-state index is 5.46. The smallest absolute Gasteiger partial charge is 0.240 e. The fourth-order valence-corrected chi connectivity index (χ4v) is 3.86. The maximum Gasteiger partial charge on any atom is 0.240 e. The van der Waals surface area contributed by atoms with Crippen LogP contribution in [0, 0.1) is 11.8 Å². The number of aromatic nitrogens is 2. The van der Waals surface area contributed by atoms with E-state index in [1.807, 2.05) is 18.2 Å². The molecule has 0 spiro atoms. The van der Waals surface area contributed by atoms with E-state index in [1.165, 1.54) is 37.9 Å². The average Bonchev–Trinajstić information content (AvgIpc) is 3.13. The fraction of sp³-hybridized carbons (Fsp3) is 0.600. The highest BCUT2D eigenvalue weighted by Gasteiger charge is 2.27. The molecule has 1 saturated carbocycles. The molecule has 0 bridgehead atoms. The molecular formula is C20H28N4O. The van der Waals surface area contributed by atoms with Crippen LogP contribution in [0.1, 0.15) is 36.5 Å². The van der Waals surface area contributed by atoms with Gasteiger partial charge in [0.2, 0.25) is 5.89 Å². The Labute approximate surface area is 150 Å². The minimum absolute atomic E-state index is 0.735. The summed E-state index contributed by atoms with van der Waals surface area (Å²) >= 11 is 0. The quantitative estimate of drug-likeness (QED) is 0.739. The van der Waals surface area contributed by atoms with E-state index in [1.54, 1.807) is 0 Å². The highest BCUT2D eigenvalue weighted by molar-refractivity contribution is 5.18. The molecule has 0 amide bonds. The highest BCUT2D eigenvalue weighted by Crippen LogP contribution is 2.30. The van der Waals surface area contributed by atoms with Gasteiger partial charge in [0.1, 0.15) is 0 Å².